The van der Waals surface area contributed by atoms with E-state index in [0.29, 0.717) is 11.7 Å². The molecule has 0 aliphatic heterocycles. The predicted molar refractivity (Wildman–Crippen MR) is 77.3 cm³/mol. The zero-order chi connectivity index (χ0) is 13.5. The van der Waals surface area contributed by atoms with Crippen LogP contribution in [0.3, 0.4) is 0 Å². The van der Waals surface area contributed by atoms with E-state index in [1.807, 2.05) is 29.8 Å². The van der Waals surface area contributed by atoms with Crippen LogP contribution in [-0.4, -0.2) is 24.7 Å². The topological polar surface area (TPSA) is 69.1 Å². The molecule has 4 heterocycles. The van der Waals surface area contributed by atoms with Gasteiger partial charge in [-0.15, -0.1) is 21.5 Å². The lowest BCUT2D eigenvalue weighted by molar-refractivity contribution is 0.432. The highest BCUT2D eigenvalue weighted by molar-refractivity contribution is 9.10. The van der Waals surface area contributed by atoms with Gasteiger partial charge in [0.1, 0.15) is 6.33 Å². The zero-order valence-electron chi connectivity index (χ0n) is 9.89. The number of fused-ring (bicyclic) bond motifs is 1. The van der Waals surface area contributed by atoms with Crippen molar-refractivity contribution in [3.8, 4) is 22.2 Å². The Morgan fingerprint density at radius 1 is 1.30 bits per heavy atom. The molecule has 4 rings (SSSR count). The smallest absolute Gasteiger partial charge is 0.259 e. The summed E-state index contributed by atoms with van der Waals surface area (Å²) < 4.78 is 8.13. The fourth-order valence-electron chi connectivity index (χ4n) is 1.83. The number of nitrogens with zero attached hydrogens (tertiary/aromatic N) is 5. The van der Waals surface area contributed by atoms with E-state index in [9.17, 15) is 0 Å². The van der Waals surface area contributed by atoms with Gasteiger partial charge >= 0.3 is 0 Å². The summed E-state index contributed by atoms with van der Waals surface area (Å²) >= 11 is 4.97. The van der Waals surface area contributed by atoms with Crippen molar-refractivity contribution >= 4 is 32.9 Å². The van der Waals surface area contributed by atoms with Crippen molar-refractivity contribution in [1.82, 2.24) is 24.7 Å². The fourth-order valence-corrected chi connectivity index (χ4v) is 3.18. The third kappa shape index (κ3) is 1.93. The van der Waals surface area contributed by atoms with Crippen molar-refractivity contribution in [2.45, 2.75) is 0 Å². The third-order valence-electron chi connectivity index (χ3n) is 2.75. The first-order valence-electron chi connectivity index (χ1n) is 5.67. The number of thiophene rings is 1. The van der Waals surface area contributed by atoms with Crippen LogP contribution in [0.4, 0.5) is 0 Å². The van der Waals surface area contributed by atoms with Crippen molar-refractivity contribution < 1.29 is 4.52 Å². The third-order valence-corrected chi connectivity index (χ3v) is 4.44. The average Bonchev–Trinajstić information content (AvgIpc) is 3.17. The van der Waals surface area contributed by atoms with E-state index in [4.69, 9.17) is 4.52 Å². The lowest BCUT2D eigenvalue weighted by atomic mass is 10.3. The van der Waals surface area contributed by atoms with Crippen LogP contribution in [-0.2, 0) is 0 Å². The number of aromatic nitrogens is 5. The van der Waals surface area contributed by atoms with Gasteiger partial charge in [-0.3, -0.25) is 4.40 Å². The first-order valence-corrected chi connectivity index (χ1v) is 7.35. The number of hydrogen-bond acceptors (Lipinski definition) is 6. The highest BCUT2D eigenvalue weighted by Crippen LogP contribution is 2.29. The van der Waals surface area contributed by atoms with Gasteiger partial charge in [-0.2, -0.15) is 4.98 Å². The molecular weight excluding hydrogens is 342 g/mol. The van der Waals surface area contributed by atoms with Crippen LogP contribution in [0.1, 0.15) is 0 Å². The van der Waals surface area contributed by atoms with Gasteiger partial charge in [0.15, 0.2) is 5.65 Å². The molecule has 0 aliphatic carbocycles. The molecule has 0 aromatic carbocycles. The standard InChI is InChI=1S/C12H6BrN5OS/c13-8-3-9(20-5-8)11-15-12(19-17-11)7-1-2-10-16-14-6-18(10)4-7/h1-6H. The van der Waals surface area contributed by atoms with E-state index in [1.54, 1.807) is 22.1 Å². The molecule has 0 saturated carbocycles. The SMILES string of the molecule is Brc1csc(-c2noc(-c3ccc4nncn4c3)n2)c1. The molecule has 4 aromatic rings. The number of rotatable bonds is 2. The minimum atomic E-state index is 0.472. The van der Waals surface area contributed by atoms with Crippen LogP contribution < -0.4 is 0 Å². The summed E-state index contributed by atoms with van der Waals surface area (Å²) in [7, 11) is 0. The first kappa shape index (κ1) is 11.7. The van der Waals surface area contributed by atoms with Gasteiger partial charge in [0, 0.05) is 16.0 Å². The van der Waals surface area contributed by atoms with Crippen LogP contribution in [0, 0.1) is 0 Å². The molecule has 0 radical (unpaired) electrons. The molecule has 6 nitrogen and oxygen atoms in total. The maximum Gasteiger partial charge on any atom is 0.259 e. The maximum absolute atomic E-state index is 5.32. The van der Waals surface area contributed by atoms with Crippen LogP contribution >= 0.6 is 27.3 Å². The summed E-state index contributed by atoms with van der Waals surface area (Å²) in [6.45, 7) is 0. The second-order valence-electron chi connectivity index (χ2n) is 4.07. The summed E-state index contributed by atoms with van der Waals surface area (Å²) in [4.78, 5) is 5.37. The van der Waals surface area contributed by atoms with Crippen LogP contribution in [0.2, 0.25) is 0 Å². The van der Waals surface area contributed by atoms with Gasteiger partial charge in [-0.25, -0.2) is 0 Å². The summed E-state index contributed by atoms with van der Waals surface area (Å²) in [5, 5.41) is 13.8. The zero-order valence-corrected chi connectivity index (χ0v) is 12.3. The summed E-state index contributed by atoms with van der Waals surface area (Å²) in [5.41, 5.74) is 1.60. The van der Waals surface area contributed by atoms with Gasteiger partial charge in [0.05, 0.1) is 10.4 Å². The predicted octanol–water partition coefficient (Wildman–Crippen LogP) is 3.27. The Hall–Kier alpha value is -2.06. The highest BCUT2D eigenvalue weighted by atomic mass is 79.9. The first-order chi connectivity index (χ1) is 9.79. The van der Waals surface area contributed by atoms with Gasteiger partial charge in [0.2, 0.25) is 5.82 Å². The molecule has 0 amide bonds. The van der Waals surface area contributed by atoms with Gasteiger partial charge in [0.25, 0.3) is 5.89 Å². The molecule has 98 valence electrons. The van der Waals surface area contributed by atoms with Crippen molar-refractivity contribution in [3.05, 3.63) is 40.6 Å². The van der Waals surface area contributed by atoms with Gasteiger partial charge in [-0.05, 0) is 34.1 Å². The summed E-state index contributed by atoms with van der Waals surface area (Å²) in [5.74, 6) is 1.06. The Bertz CT molecular complexity index is 896. The largest absolute Gasteiger partial charge is 0.334 e. The maximum atomic E-state index is 5.32. The molecule has 0 spiro atoms. The molecule has 8 heteroatoms. The molecule has 0 saturated heterocycles. The lowest BCUT2D eigenvalue weighted by Gasteiger charge is -1.95. The van der Waals surface area contributed by atoms with E-state index in [-0.39, 0.29) is 0 Å². The normalized spacial score (nSPS) is 11.2. The molecule has 0 aliphatic rings. The Kier molecular flexibility index (Phi) is 2.64. The highest BCUT2D eigenvalue weighted by Gasteiger charge is 2.12. The minimum Gasteiger partial charge on any atom is -0.334 e. The molecule has 0 N–H and O–H groups in total. The molecule has 0 unspecified atom stereocenters. The van der Waals surface area contributed by atoms with E-state index in [0.717, 1.165) is 20.6 Å². The molecule has 0 atom stereocenters. The minimum absolute atomic E-state index is 0.472. The molecule has 0 bridgehead atoms. The molecule has 20 heavy (non-hydrogen) atoms. The Morgan fingerprint density at radius 3 is 3.10 bits per heavy atom. The van der Waals surface area contributed by atoms with Crippen molar-refractivity contribution in [1.29, 1.82) is 0 Å². The van der Waals surface area contributed by atoms with Crippen LogP contribution in [0.25, 0.3) is 27.8 Å². The van der Waals surface area contributed by atoms with Crippen molar-refractivity contribution in [2.24, 2.45) is 0 Å². The second kappa shape index (κ2) is 4.50. The quantitative estimate of drug-likeness (QED) is 0.556. The summed E-state index contributed by atoms with van der Waals surface area (Å²) in [6, 6.07) is 5.70. The molecular formula is C12H6BrN5OS. The Balaban J connectivity index is 1.77. The molecule has 4 aromatic heterocycles. The monoisotopic (exact) mass is 347 g/mol. The average molecular weight is 348 g/mol. The Morgan fingerprint density at radius 2 is 2.25 bits per heavy atom. The van der Waals surface area contributed by atoms with E-state index < -0.39 is 0 Å². The van der Waals surface area contributed by atoms with Gasteiger partial charge < -0.3 is 4.52 Å². The molecule has 0 fully saturated rings. The van der Waals surface area contributed by atoms with E-state index in [2.05, 4.69) is 36.3 Å². The van der Waals surface area contributed by atoms with E-state index in [1.165, 1.54) is 0 Å². The van der Waals surface area contributed by atoms with Crippen molar-refractivity contribution in [2.75, 3.05) is 0 Å². The van der Waals surface area contributed by atoms with Crippen LogP contribution in [0.5, 0.6) is 0 Å². The second-order valence-corrected chi connectivity index (χ2v) is 5.89. The number of hydrogen-bond donors (Lipinski definition) is 0. The van der Waals surface area contributed by atoms with E-state index >= 15 is 0 Å². The fraction of sp³-hybridized carbons (Fsp3) is 0. The number of pyridine rings is 1. The summed E-state index contributed by atoms with van der Waals surface area (Å²) in [6.07, 6.45) is 3.49. The number of halogens is 1. The Labute approximate surface area is 125 Å². The van der Waals surface area contributed by atoms with Crippen LogP contribution in [0.15, 0.2) is 45.1 Å². The van der Waals surface area contributed by atoms with Gasteiger partial charge in [-0.1, -0.05) is 5.16 Å². The van der Waals surface area contributed by atoms with Crippen molar-refractivity contribution in [3.63, 3.8) is 0 Å². The lowest BCUT2D eigenvalue weighted by Crippen LogP contribution is -1.85.